The lowest BCUT2D eigenvalue weighted by molar-refractivity contribution is -0.895. The molecule has 0 radical (unpaired) electrons. The van der Waals surface area contributed by atoms with Crippen molar-refractivity contribution in [2.45, 2.75) is 40.4 Å². The minimum absolute atomic E-state index is 0.0198. The minimum Gasteiger partial charge on any atom is -0.374 e. The SMILES string of the molecule is Cc1cccc(C)c1NC(=O)C[NH+]1CCN(C(=O)c2ccc(COC(C)C)cc2)CC1. The highest BCUT2D eigenvalue weighted by molar-refractivity contribution is 5.94. The zero-order valence-electron chi connectivity index (χ0n) is 19.0. The number of amides is 2. The molecule has 0 saturated carbocycles. The largest absolute Gasteiger partial charge is 0.374 e. The highest BCUT2D eigenvalue weighted by atomic mass is 16.5. The quantitative estimate of drug-likeness (QED) is 0.716. The van der Waals surface area contributed by atoms with Gasteiger partial charge in [0.15, 0.2) is 6.54 Å². The van der Waals surface area contributed by atoms with Crippen LogP contribution in [-0.2, 0) is 16.1 Å². The molecule has 166 valence electrons. The Balaban J connectivity index is 1.47. The van der Waals surface area contributed by atoms with Crippen LogP contribution in [-0.4, -0.2) is 55.5 Å². The molecule has 31 heavy (non-hydrogen) atoms. The van der Waals surface area contributed by atoms with Crippen LogP contribution in [0.15, 0.2) is 42.5 Å². The third-order valence-electron chi connectivity index (χ3n) is 5.70. The van der Waals surface area contributed by atoms with Gasteiger partial charge in [0.05, 0.1) is 38.9 Å². The molecule has 6 heteroatoms. The molecule has 1 heterocycles. The molecule has 3 rings (SSSR count). The van der Waals surface area contributed by atoms with Gasteiger partial charge < -0.3 is 19.9 Å². The molecule has 0 unspecified atom stereocenters. The summed E-state index contributed by atoms with van der Waals surface area (Å²) in [4.78, 5) is 28.4. The third-order valence-corrected chi connectivity index (χ3v) is 5.70. The number of nitrogens with one attached hydrogen (secondary N) is 2. The minimum atomic E-state index is 0.0198. The van der Waals surface area contributed by atoms with E-state index in [1.165, 1.54) is 4.90 Å². The predicted octanol–water partition coefficient (Wildman–Crippen LogP) is 2.21. The Hall–Kier alpha value is -2.70. The molecule has 1 fully saturated rings. The van der Waals surface area contributed by atoms with Crippen LogP contribution in [0.5, 0.6) is 0 Å². The van der Waals surface area contributed by atoms with Crippen LogP contribution in [0.25, 0.3) is 0 Å². The summed E-state index contributed by atoms with van der Waals surface area (Å²) in [6.45, 7) is 11.8. The summed E-state index contributed by atoms with van der Waals surface area (Å²) >= 11 is 0. The van der Waals surface area contributed by atoms with E-state index >= 15 is 0 Å². The van der Waals surface area contributed by atoms with Gasteiger partial charge in [-0.25, -0.2) is 0 Å². The number of carbonyl (C=O) groups excluding carboxylic acids is 2. The molecule has 2 N–H and O–H groups in total. The summed E-state index contributed by atoms with van der Waals surface area (Å²) < 4.78 is 5.61. The van der Waals surface area contributed by atoms with Gasteiger partial charge in [0.2, 0.25) is 0 Å². The van der Waals surface area contributed by atoms with Crippen molar-refractivity contribution in [3.63, 3.8) is 0 Å². The number of piperazine rings is 1. The predicted molar refractivity (Wildman–Crippen MR) is 122 cm³/mol. The molecular formula is C25H34N3O3+. The van der Waals surface area contributed by atoms with Crippen molar-refractivity contribution < 1.29 is 19.2 Å². The van der Waals surface area contributed by atoms with Crippen LogP contribution < -0.4 is 10.2 Å². The summed E-state index contributed by atoms with van der Waals surface area (Å²) in [5, 5.41) is 3.06. The lowest BCUT2D eigenvalue weighted by Crippen LogP contribution is -3.15. The topological polar surface area (TPSA) is 63.1 Å². The fourth-order valence-corrected chi connectivity index (χ4v) is 3.81. The van der Waals surface area contributed by atoms with Crippen molar-refractivity contribution in [1.29, 1.82) is 0 Å². The second-order valence-corrected chi connectivity index (χ2v) is 8.59. The van der Waals surface area contributed by atoms with Gasteiger partial charge in [0, 0.05) is 11.3 Å². The Labute approximate surface area is 185 Å². The monoisotopic (exact) mass is 424 g/mol. The highest BCUT2D eigenvalue weighted by Crippen LogP contribution is 2.19. The Morgan fingerprint density at radius 1 is 1.03 bits per heavy atom. The van der Waals surface area contributed by atoms with Crippen molar-refractivity contribution in [3.8, 4) is 0 Å². The molecule has 2 aromatic carbocycles. The maximum Gasteiger partial charge on any atom is 0.279 e. The van der Waals surface area contributed by atoms with E-state index in [4.69, 9.17) is 4.74 Å². The first-order chi connectivity index (χ1) is 14.8. The van der Waals surface area contributed by atoms with Crippen LogP contribution in [0.2, 0.25) is 0 Å². The summed E-state index contributed by atoms with van der Waals surface area (Å²) in [6.07, 6.45) is 0.183. The van der Waals surface area contributed by atoms with Gasteiger partial charge in [-0.3, -0.25) is 9.59 Å². The fourth-order valence-electron chi connectivity index (χ4n) is 3.81. The van der Waals surface area contributed by atoms with E-state index in [2.05, 4.69) is 5.32 Å². The average Bonchev–Trinajstić information content (AvgIpc) is 2.75. The van der Waals surface area contributed by atoms with Crippen LogP contribution >= 0.6 is 0 Å². The second kappa shape index (κ2) is 10.6. The Morgan fingerprint density at radius 3 is 2.23 bits per heavy atom. The van der Waals surface area contributed by atoms with Gasteiger partial charge in [-0.2, -0.15) is 0 Å². The number of quaternary nitrogens is 1. The van der Waals surface area contributed by atoms with E-state index in [0.29, 0.717) is 31.8 Å². The lowest BCUT2D eigenvalue weighted by Gasteiger charge is -2.32. The van der Waals surface area contributed by atoms with E-state index in [-0.39, 0.29) is 17.9 Å². The van der Waals surface area contributed by atoms with Gasteiger partial charge in [0.25, 0.3) is 11.8 Å². The van der Waals surface area contributed by atoms with Gasteiger partial charge in [-0.15, -0.1) is 0 Å². The smallest absolute Gasteiger partial charge is 0.279 e. The zero-order valence-corrected chi connectivity index (χ0v) is 19.0. The summed E-state index contributed by atoms with van der Waals surface area (Å²) in [5.41, 5.74) is 4.81. The summed E-state index contributed by atoms with van der Waals surface area (Å²) in [6, 6.07) is 13.7. The Bertz CT molecular complexity index is 880. The van der Waals surface area contributed by atoms with Crippen molar-refractivity contribution in [3.05, 3.63) is 64.7 Å². The Kier molecular flexibility index (Phi) is 7.82. The number of rotatable bonds is 7. The molecule has 6 nitrogen and oxygen atoms in total. The number of benzene rings is 2. The molecule has 0 spiro atoms. The lowest BCUT2D eigenvalue weighted by atomic mass is 10.1. The number of aryl methyl sites for hydroxylation is 2. The number of hydrogen-bond acceptors (Lipinski definition) is 3. The molecule has 0 aliphatic carbocycles. The zero-order chi connectivity index (χ0) is 22.4. The van der Waals surface area contributed by atoms with E-state index in [1.54, 1.807) is 0 Å². The van der Waals surface area contributed by atoms with Gasteiger partial charge in [-0.1, -0.05) is 30.3 Å². The van der Waals surface area contributed by atoms with Crippen molar-refractivity contribution in [2.75, 3.05) is 38.0 Å². The highest BCUT2D eigenvalue weighted by Gasteiger charge is 2.26. The number of para-hydroxylation sites is 1. The van der Waals surface area contributed by atoms with Crippen molar-refractivity contribution in [1.82, 2.24) is 4.90 Å². The molecule has 1 aliphatic rings. The summed E-state index contributed by atoms with van der Waals surface area (Å²) in [7, 11) is 0. The molecule has 0 bridgehead atoms. The average molecular weight is 425 g/mol. The van der Waals surface area contributed by atoms with E-state index in [1.807, 2.05) is 75.1 Å². The van der Waals surface area contributed by atoms with E-state index in [0.717, 1.165) is 35.5 Å². The van der Waals surface area contributed by atoms with Gasteiger partial charge >= 0.3 is 0 Å². The van der Waals surface area contributed by atoms with Gasteiger partial charge in [0.1, 0.15) is 0 Å². The number of ether oxygens (including phenoxy) is 1. The molecule has 1 saturated heterocycles. The molecule has 0 aromatic heterocycles. The van der Waals surface area contributed by atoms with Crippen LogP contribution in [0.4, 0.5) is 5.69 Å². The van der Waals surface area contributed by atoms with Crippen molar-refractivity contribution >= 4 is 17.5 Å². The molecule has 2 amide bonds. The first kappa shape index (κ1) is 23.0. The van der Waals surface area contributed by atoms with E-state index < -0.39 is 0 Å². The van der Waals surface area contributed by atoms with Crippen molar-refractivity contribution in [2.24, 2.45) is 0 Å². The maximum atomic E-state index is 12.8. The molecule has 2 aromatic rings. The summed E-state index contributed by atoms with van der Waals surface area (Å²) in [5.74, 6) is 0.0711. The van der Waals surface area contributed by atoms with E-state index in [9.17, 15) is 9.59 Å². The number of nitrogens with zero attached hydrogens (tertiary/aromatic N) is 1. The second-order valence-electron chi connectivity index (χ2n) is 8.59. The van der Waals surface area contributed by atoms with Crippen LogP contribution in [0.3, 0.4) is 0 Å². The van der Waals surface area contributed by atoms with Crippen LogP contribution in [0, 0.1) is 13.8 Å². The third kappa shape index (κ3) is 6.39. The first-order valence-corrected chi connectivity index (χ1v) is 11.0. The normalized spacial score (nSPS) is 14.7. The standard InChI is InChI=1S/C25H33N3O3/c1-18(2)31-17-21-8-10-22(11-9-21)25(30)28-14-12-27(13-15-28)16-23(29)26-24-19(3)6-5-7-20(24)4/h5-11,18H,12-17H2,1-4H3,(H,26,29)/p+1. The van der Waals surface area contributed by atoms with Gasteiger partial charge in [-0.05, 0) is 56.5 Å². The molecule has 1 aliphatic heterocycles. The first-order valence-electron chi connectivity index (χ1n) is 11.0. The Morgan fingerprint density at radius 2 is 1.65 bits per heavy atom. The maximum absolute atomic E-state index is 12.8. The fraction of sp³-hybridized carbons (Fsp3) is 0.440. The molecule has 0 atom stereocenters. The number of hydrogen-bond donors (Lipinski definition) is 2. The van der Waals surface area contributed by atoms with Crippen LogP contribution in [0.1, 0.15) is 40.9 Å². The number of carbonyl (C=O) groups is 2. The molecular weight excluding hydrogens is 390 g/mol. The number of anilines is 1.